The lowest BCUT2D eigenvalue weighted by Gasteiger charge is -2.50. The van der Waals surface area contributed by atoms with Gasteiger partial charge in [0.2, 0.25) is 5.78 Å². The normalized spacial score (nSPS) is 27.5. The number of nitrogens with two attached hydrogens (primary N) is 1. The Labute approximate surface area is 208 Å². The minimum atomic E-state index is -2.65. The Morgan fingerprint density at radius 2 is 1.83 bits per heavy atom. The van der Waals surface area contributed by atoms with E-state index in [9.17, 15) is 34.8 Å². The van der Waals surface area contributed by atoms with Gasteiger partial charge in [0.05, 0.1) is 18.2 Å². The van der Waals surface area contributed by atoms with E-state index in [2.05, 4.69) is 11.8 Å². The molecule has 1 aromatic rings. The smallest absolute Gasteiger partial charge is 0.255 e. The van der Waals surface area contributed by atoms with E-state index in [1.807, 2.05) is 19.0 Å². The number of benzene rings is 1. The summed E-state index contributed by atoms with van der Waals surface area (Å²) in [6, 6.07) is 1.94. The van der Waals surface area contributed by atoms with Crippen molar-refractivity contribution >= 4 is 17.5 Å². The van der Waals surface area contributed by atoms with Crippen molar-refractivity contribution in [1.82, 2.24) is 9.80 Å². The van der Waals surface area contributed by atoms with Gasteiger partial charge in [-0.25, -0.2) is 0 Å². The maximum atomic E-state index is 13.6. The number of primary amides is 1. The third-order valence-electron chi connectivity index (χ3n) is 7.22. The number of ketones is 2. The molecule has 4 rings (SSSR count). The summed E-state index contributed by atoms with van der Waals surface area (Å²) in [4.78, 5) is 42.3. The predicted octanol–water partition coefficient (Wildman–Crippen LogP) is 0.0337. The Morgan fingerprint density at radius 3 is 2.42 bits per heavy atom. The Bertz CT molecular complexity index is 1310. The highest BCUT2D eigenvalue weighted by molar-refractivity contribution is 6.24. The van der Waals surface area contributed by atoms with Crippen LogP contribution in [0.1, 0.15) is 27.9 Å². The van der Waals surface area contributed by atoms with Crippen molar-refractivity contribution in [3.05, 3.63) is 51.5 Å². The number of allylic oxidation sites excluding steroid dienone is 1. The average Bonchev–Trinajstić information content (AvgIpc) is 2.77. The van der Waals surface area contributed by atoms with Crippen LogP contribution in [0.4, 0.5) is 0 Å². The van der Waals surface area contributed by atoms with Crippen LogP contribution in [-0.4, -0.2) is 94.1 Å². The van der Waals surface area contributed by atoms with E-state index in [1.54, 1.807) is 20.2 Å². The number of likely N-dealkylation sites (N-methyl/N-ethyl adjacent to an activating group) is 1. The van der Waals surface area contributed by atoms with Crippen LogP contribution in [0.2, 0.25) is 0 Å². The van der Waals surface area contributed by atoms with Crippen LogP contribution in [0, 0.1) is 23.7 Å². The summed E-state index contributed by atoms with van der Waals surface area (Å²) in [6.45, 7) is 0.481. The zero-order valence-electron chi connectivity index (χ0n) is 20.5. The monoisotopic (exact) mass is 495 g/mol. The second kappa shape index (κ2) is 8.78. The highest BCUT2D eigenvalue weighted by Crippen LogP contribution is 2.52. The first-order valence-electron chi connectivity index (χ1n) is 11.5. The van der Waals surface area contributed by atoms with Crippen LogP contribution in [0.15, 0.2) is 34.8 Å². The Kier molecular flexibility index (Phi) is 6.21. The van der Waals surface area contributed by atoms with E-state index in [0.717, 1.165) is 0 Å². The number of Topliss-reactive ketones (excluding diaryl/α,β-unsaturated/α-hetero) is 2. The van der Waals surface area contributed by atoms with E-state index in [0.29, 0.717) is 17.7 Å². The fourth-order valence-corrected chi connectivity index (χ4v) is 5.66. The number of carbonyl (C=O) groups excluding carboxylic acids is 3. The number of aromatic hydroxyl groups is 1. The van der Waals surface area contributed by atoms with Gasteiger partial charge in [-0.2, -0.15) is 0 Å². The van der Waals surface area contributed by atoms with Crippen molar-refractivity contribution in [1.29, 1.82) is 0 Å². The highest BCUT2D eigenvalue weighted by Gasteiger charge is 2.63. The molecule has 190 valence electrons. The zero-order valence-corrected chi connectivity index (χ0v) is 20.5. The largest absolute Gasteiger partial charge is 0.510 e. The number of nitrogens with zero attached hydrogens (tertiary/aromatic N) is 2. The third kappa shape index (κ3) is 3.59. The lowest BCUT2D eigenvalue weighted by Crippen LogP contribution is -2.63. The summed E-state index contributed by atoms with van der Waals surface area (Å²) in [7, 11) is 6.91. The molecular formula is C26H29N3O7. The van der Waals surface area contributed by atoms with E-state index in [-0.39, 0.29) is 29.7 Å². The van der Waals surface area contributed by atoms with Crippen molar-refractivity contribution < 1.29 is 34.8 Å². The van der Waals surface area contributed by atoms with Gasteiger partial charge in [-0.1, -0.05) is 11.8 Å². The van der Waals surface area contributed by atoms with Crippen molar-refractivity contribution in [2.45, 2.75) is 24.5 Å². The minimum absolute atomic E-state index is 0.0337. The Balaban J connectivity index is 1.91. The summed E-state index contributed by atoms with van der Waals surface area (Å²) in [5, 5.41) is 44.2. The Hall–Kier alpha value is -3.65. The average molecular weight is 496 g/mol. The van der Waals surface area contributed by atoms with Gasteiger partial charge in [0.15, 0.2) is 11.4 Å². The molecular weight excluding hydrogens is 466 g/mol. The van der Waals surface area contributed by atoms with Gasteiger partial charge in [-0.05, 0) is 64.6 Å². The van der Waals surface area contributed by atoms with Crippen molar-refractivity contribution in [3.8, 4) is 17.6 Å². The topological polar surface area (TPSA) is 165 Å². The lowest BCUT2D eigenvalue weighted by atomic mass is 9.58. The van der Waals surface area contributed by atoms with Crippen LogP contribution >= 0.6 is 0 Å². The van der Waals surface area contributed by atoms with Crippen LogP contribution in [0.3, 0.4) is 0 Å². The molecule has 0 bridgehead atoms. The van der Waals surface area contributed by atoms with Gasteiger partial charge in [0, 0.05) is 17.1 Å². The Morgan fingerprint density at radius 1 is 1.17 bits per heavy atom. The number of phenolic OH excluding ortho intramolecular Hbond substituents is 1. The van der Waals surface area contributed by atoms with Gasteiger partial charge in [0.25, 0.3) is 5.91 Å². The number of hydrogen-bond donors (Lipinski definition) is 5. The van der Waals surface area contributed by atoms with Gasteiger partial charge in [-0.3, -0.25) is 24.2 Å². The molecule has 3 aliphatic rings. The molecule has 0 aromatic heterocycles. The second-order valence-corrected chi connectivity index (χ2v) is 9.99. The van der Waals surface area contributed by atoms with Crippen LogP contribution in [0.5, 0.6) is 5.75 Å². The number of aliphatic hydroxyl groups excluding tert-OH is 2. The molecule has 0 saturated carbocycles. The summed E-state index contributed by atoms with van der Waals surface area (Å²) in [5.74, 6) is -0.678. The second-order valence-electron chi connectivity index (χ2n) is 9.99. The molecule has 1 aromatic carbocycles. The van der Waals surface area contributed by atoms with Gasteiger partial charge < -0.3 is 26.2 Å². The molecule has 3 aliphatic carbocycles. The molecule has 0 saturated heterocycles. The number of phenols is 1. The number of rotatable bonds is 3. The molecule has 0 fully saturated rings. The number of carbonyl (C=O) groups is 3. The fourth-order valence-electron chi connectivity index (χ4n) is 5.66. The predicted molar refractivity (Wildman–Crippen MR) is 129 cm³/mol. The number of hydrogen-bond acceptors (Lipinski definition) is 9. The molecule has 0 radical (unpaired) electrons. The summed E-state index contributed by atoms with van der Waals surface area (Å²) in [5.41, 5.74) is 2.68. The fraction of sp³-hybridized carbons (Fsp3) is 0.423. The highest BCUT2D eigenvalue weighted by atomic mass is 16.3. The van der Waals surface area contributed by atoms with Crippen LogP contribution < -0.4 is 5.73 Å². The van der Waals surface area contributed by atoms with Gasteiger partial charge in [-0.15, -0.1) is 0 Å². The van der Waals surface area contributed by atoms with Crippen molar-refractivity contribution in [2.24, 2.45) is 17.6 Å². The number of amides is 1. The minimum Gasteiger partial charge on any atom is -0.510 e. The molecule has 6 N–H and O–H groups in total. The van der Waals surface area contributed by atoms with Crippen molar-refractivity contribution in [3.63, 3.8) is 0 Å². The zero-order chi connectivity index (χ0) is 26.7. The maximum absolute atomic E-state index is 13.6. The molecule has 1 unspecified atom stereocenters. The SMILES string of the molecule is CN(C)CC#Cc1ccc(O)c2c1C[C@H]1C[C@H]3C(N(C)C)C(O)=C(C(N)=O)C(=O)[C@@]3(O)C(O)=C1C2=O. The van der Waals surface area contributed by atoms with Gasteiger partial charge >= 0.3 is 0 Å². The van der Waals surface area contributed by atoms with Crippen molar-refractivity contribution in [2.75, 3.05) is 34.7 Å². The summed E-state index contributed by atoms with van der Waals surface area (Å²) >= 11 is 0. The lowest BCUT2D eigenvalue weighted by molar-refractivity contribution is -0.148. The molecule has 0 aliphatic heterocycles. The van der Waals surface area contributed by atoms with E-state index in [1.165, 1.54) is 11.0 Å². The van der Waals surface area contributed by atoms with E-state index >= 15 is 0 Å². The standard InChI is InChI=1S/C26H29N3O7/c1-28(2)9-5-6-12-7-8-16(30)18-14(12)10-13-11-15-20(29(3)4)22(32)19(25(27)35)24(34)26(15,36)23(33)17(13)21(18)31/h7-8,13,15,20,30,32-33,36H,9-11H2,1-4H3,(H2,27,35)/t13-,15-,20?,26-/m0/s1. The first kappa shape index (κ1) is 25.4. The maximum Gasteiger partial charge on any atom is 0.255 e. The molecule has 0 heterocycles. The van der Waals surface area contributed by atoms with Crippen LogP contribution in [0.25, 0.3) is 0 Å². The molecule has 0 spiro atoms. The first-order valence-corrected chi connectivity index (χ1v) is 11.5. The van der Waals surface area contributed by atoms with Crippen LogP contribution in [-0.2, 0) is 16.0 Å². The van der Waals surface area contributed by atoms with E-state index < -0.39 is 58.0 Å². The molecule has 10 heteroatoms. The third-order valence-corrected chi connectivity index (χ3v) is 7.22. The van der Waals surface area contributed by atoms with Gasteiger partial charge in [0.1, 0.15) is 22.8 Å². The number of fused-ring (bicyclic) bond motifs is 3. The molecule has 36 heavy (non-hydrogen) atoms. The molecule has 10 nitrogen and oxygen atoms in total. The molecule has 1 amide bonds. The molecule has 4 atom stereocenters. The number of aliphatic hydroxyl groups is 3. The first-order chi connectivity index (χ1) is 16.8. The summed E-state index contributed by atoms with van der Waals surface area (Å²) in [6.07, 6.45) is 0.237. The van der Waals surface area contributed by atoms with E-state index in [4.69, 9.17) is 5.73 Å². The summed E-state index contributed by atoms with van der Waals surface area (Å²) < 4.78 is 0. The quantitative estimate of drug-likeness (QED) is 0.287.